The number of nitrogens with zero attached hydrogens (tertiary/aromatic N) is 1. The molecule has 17 heavy (non-hydrogen) atoms. The van der Waals surface area contributed by atoms with Crippen LogP contribution in [-0.4, -0.2) is 19.2 Å². The van der Waals surface area contributed by atoms with Gasteiger partial charge in [-0.2, -0.15) is 5.26 Å². The first kappa shape index (κ1) is 13.8. The fourth-order valence-corrected chi connectivity index (χ4v) is 1.53. The molecule has 0 radical (unpaired) electrons. The van der Waals surface area contributed by atoms with E-state index in [0.29, 0.717) is 29.0 Å². The summed E-state index contributed by atoms with van der Waals surface area (Å²) in [6, 6.07) is 7.63. The molecule has 0 heterocycles. The number of hydrogen-bond acceptors (Lipinski definition) is 3. The van der Waals surface area contributed by atoms with E-state index in [1.807, 2.05) is 0 Å². The standard InChI is InChI=1S/C13H17ClN2O/c1-10(2)16-6-3-7-17-13-5-4-12(14)8-11(13)9-15/h4-5,8,10,16H,3,6-7H2,1-2H3. The van der Waals surface area contributed by atoms with Gasteiger partial charge in [0, 0.05) is 11.1 Å². The normalized spacial score (nSPS) is 10.3. The van der Waals surface area contributed by atoms with Crippen LogP contribution in [0.15, 0.2) is 18.2 Å². The lowest BCUT2D eigenvalue weighted by molar-refractivity contribution is 0.305. The number of nitrogens with one attached hydrogen (secondary N) is 1. The van der Waals surface area contributed by atoms with E-state index in [1.54, 1.807) is 18.2 Å². The molecule has 1 aromatic carbocycles. The van der Waals surface area contributed by atoms with Crippen molar-refractivity contribution >= 4 is 11.6 Å². The molecule has 0 aliphatic rings. The van der Waals surface area contributed by atoms with E-state index >= 15 is 0 Å². The van der Waals surface area contributed by atoms with Crippen molar-refractivity contribution in [2.24, 2.45) is 0 Å². The highest BCUT2D eigenvalue weighted by atomic mass is 35.5. The number of halogens is 1. The Morgan fingerprint density at radius 1 is 1.47 bits per heavy atom. The van der Waals surface area contributed by atoms with Crippen molar-refractivity contribution in [3.05, 3.63) is 28.8 Å². The Morgan fingerprint density at radius 3 is 2.88 bits per heavy atom. The second-order valence-corrected chi connectivity index (χ2v) is 4.50. The molecule has 1 aromatic rings. The number of ether oxygens (including phenoxy) is 1. The van der Waals surface area contributed by atoms with Gasteiger partial charge in [0.25, 0.3) is 0 Å². The van der Waals surface area contributed by atoms with Gasteiger partial charge in [-0.25, -0.2) is 0 Å². The van der Waals surface area contributed by atoms with Gasteiger partial charge in [0.1, 0.15) is 11.8 Å². The maximum atomic E-state index is 8.92. The Hall–Kier alpha value is -1.24. The summed E-state index contributed by atoms with van der Waals surface area (Å²) < 4.78 is 5.54. The summed E-state index contributed by atoms with van der Waals surface area (Å²) in [5, 5.41) is 12.8. The molecule has 3 nitrogen and oxygen atoms in total. The van der Waals surface area contributed by atoms with Gasteiger partial charge >= 0.3 is 0 Å². The van der Waals surface area contributed by atoms with Crippen molar-refractivity contribution in [2.75, 3.05) is 13.2 Å². The van der Waals surface area contributed by atoms with Gasteiger partial charge in [-0.05, 0) is 31.2 Å². The first-order valence-electron chi connectivity index (χ1n) is 5.69. The van der Waals surface area contributed by atoms with Crippen molar-refractivity contribution in [3.8, 4) is 11.8 Å². The zero-order chi connectivity index (χ0) is 12.7. The summed E-state index contributed by atoms with van der Waals surface area (Å²) in [5.74, 6) is 0.599. The third kappa shape index (κ3) is 5.08. The Balaban J connectivity index is 2.39. The lowest BCUT2D eigenvalue weighted by Gasteiger charge is -2.10. The molecule has 0 saturated heterocycles. The molecule has 0 aliphatic heterocycles. The molecule has 0 saturated carbocycles. The topological polar surface area (TPSA) is 45.0 Å². The van der Waals surface area contributed by atoms with Crippen LogP contribution < -0.4 is 10.1 Å². The molecule has 0 spiro atoms. The molecule has 0 bridgehead atoms. The summed E-state index contributed by atoms with van der Waals surface area (Å²) in [6.07, 6.45) is 0.908. The minimum Gasteiger partial charge on any atom is -0.492 e. The van der Waals surface area contributed by atoms with E-state index in [0.717, 1.165) is 13.0 Å². The predicted octanol–water partition coefficient (Wildman–Crippen LogP) is 2.98. The maximum Gasteiger partial charge on any atom is 0.137 e. The predicted molar refractivity (Wildman–Crippen MR) is 69.4 cm³/mol. The van der Waals surface area contributed by atoms with Gasteiger partial charge in [-0.1, -0.05) is 25.4 Å². The second kappa shape index (κ2) is 7.16. The highest BCUT2D eigenvalue weighted by molar-refractivity contribution is 6.30. The smallest absolute Gasteiger partial charge is 0.137 e. The van der Waals surface area contributed by atoms with Crippen molar-refractivity contribution in [2.45, 2.75) is 26.3 Å². The zero-order valence-electron chi connectivity index (χ0n) is 10.2. The van der Waals surface area contributed by atoms with E-state index in [9.17, 15) is 0 Å². The van der Waals surface area contributed by atoms with Gasteiger partial charge in [0.15, 0.2) is 0 Å². The molecule has 0 atom stereocenters. The summed E-state index contributed by atoms with van der Waals surface area (Å²) in [4.78, 5) is 0. The largest absolute Gasteiger partial charge is 0.492 e. The van der Waals surface area contributed by atoms with Crippen LogP contribution in [0.5, 0.6) is 5.75 Å². The molecular weight excluding hydrogens is 236 g/mol. The van der Waals surface area contributed by atoms with Crippen LogP contribution in [0.25, 0.3) is 0 Å². The zero-order valence-corrected chi connectivity index (χ0v) is 10.9. The van der Waals surface area contributed by atoms with Gasteiger partial charge in [0.2, 0.25) is 0 Å². The van der Waals surface area contributed by atoms with E-state index in [2.05, 4.69) is 25.2 Å². The van der Waals surface area contributed by atoms with Crippen LogP contribution >= 0.6 is 11.6 Å². The Kier molecular flexibility index (Phi) is 5.82. The highest BCUT2D eigenvalue weighted by Crippen LogP contribution is 2.21. The SMILES string of the molecule is CC(C)NCCCOc1ccc(Cl)cc1C#N. The third-order valence-corrected chi connectivity index (χ3v) is 2.43. The fourth-order valence-electron chi connectivity index (χ4n) is 1.36. The van der Waals surface area contributed by atoms with Crippen LogP contribution in [0.3, 0.4) is 0 Å². The molecule has 1 N–H and O–H groups in total. The quantitative estimate of drug-likeness (QED) is 0.792. The maximum absolute atomic E-state index is 8.92. The van der Waals surface area contributed by atoms with E-state index in [-0.39, 0.29) is 0 Å². The first-order chi connectivity index (χ1) is 8.13. The van der Waals surface area contributed by atoms with Crippen LogP contribution in [0.4, 0.5) is 0 Å². The molecule has 92 valence electrons. The lowest BCUT2D eigenvalue weighted by Crippen LogP contribution is -2.24. The van der Waals surface area contributed by atoms with Crippen LogP contribution in [0.1, 0.15) is 25.8 Å². The number of nitriles is 1. The average molecular weight is 253 g/mol. The molecule has 0 aromatic heterocycles. The van der Waals surface area contributed by atoms with E-state index in [4.69, 9.17) is 21.6 Å². The minimum absolute atomic E-state index is 0.481. The lowest BCUT2D eigenvalue weighted by atomic mass is 10.2. The molecule has 4 heteroatoms. The fraction of sp³-hybridized carbons (Fsp3) is 0.462. The molecule has 0 amide bonds. The van der Waals surface area contributed by atoms with Crippen LogP contribution in [-0.2, 0) is 0 Å². The Morgan fingerprint density at radius 2 is 2.24 bits per heavy atom. The minimum atomic E-state index is 0.481. The summed E-state index contributed by atoms with van der Waals surface area (Å²) in [7, 11) is 0. The Bertz CT molecular complexity index is 399. The van der Waals surface area contributed by atoms with Crippen molar-refractivity contribution in [3.63, 3.8) is 0 Å². The van der Waals surface area contributed by atoms with Crippen LogP contribution in [0.2, 0.25) is 5.02 Å². The van der Waals surface area contributed by atoms with E-state index < -0.39 is 0 Å². The average Bonchev–Trinajstić information content (AvgIpc) is 2.29. The highest BCUT2D eigenvalue weighted by Gasteiger charge is 2.03. The number of benzene rings is 1. The number of hydrogen-bond donors (Lipinski definition) is 1. The summed E-state index contributed by atoms with van der Waals surface area (Å²) in [5.41, 5.74) is 0.481. The summed E-state index contributed by atoms with van der Waals surface area (Å²) >= 11 is 5.80. The van der Waals surface area contributed by atoms with Crippen LogP contribution in [0, 0.1) is 11.3 Å². The van der Waals surface area contributed by atoms with Crippen molar-refractivity contribution in [1.82, 2.24) is 5.32 Å². The van der Waals surface area contributed by atoms with Gasteiger partial charge < -0.3 is 10.1 Å². The first-order valence-corrected chi connectivity index (χ1v) is 6.07. The van der Waals surface area contributed by atoms with Gasteiger partial charge in [-0.3, -0.25) is 0 Å². The van der Waals surface area contributed by atoms with Gasteiger partial charge in [0.05, 0.1) is 12.2 Å². The molecule has 0 unspecified atom stereocenters. The van der Waals surface area contributed by atoms with Crippen molar-refractivity contribution < 1.29 is 4.74 Å². The monoisotopic (exact) mass is 252 g/mol. The number of rotatable bonds is 6. The van der Waals surface area contributed by atoms with Gasteiger partial charge in [-0.15, -0.1) is 0 Å². The van der Waals surface area contributed by atoms with E-state index in [1.165, 1.54) is 0 Å². The second-order valence-electron chi connectivity index (χ2n) is 4.06. The molecule has 1 rings (SSSR count). The van der Waals surface area contributed by atoms with Crippen molar-refractivity contribution in [1.29, 1.82) is 5.26 Å². The third-order valence-electron chi connectivity index (χ3n) is 2.19. The molecule has 0 fully saturated rings. The Labute approximate surface area is 107 Å². The molecular formula is C13H17ClN2O. The summed E-state index contributed by atoms with van der Waals surface area (Å²) in [6.45, 7) is 5.71. The molecule has 0 aliphatic carbocycles.